The molecular formula is C28H38N4O2. The zero-order chi connectivity index (χ0) is 24.2. The fraction of sp³-hybridized carbons (Fsp3) is 0.714. The summed E-state index contributed by atoms with van der Waals surface area (Å²) in [5, 5.41) is 7.24. The number of hydrogen-bond donors (Lipinski definition) is 1. The van der Waals surface area contributed by atoms with Gasteiger partial charge in [-0.25, -0.2) is 0 Å². The molecule has 1 N–H and O–H groups in total. The second kappa shape index (κ2) is 8.12. The van der Waals surface area contributed by atoms with Crippen molar-refractivity contribution < 1.29 is 9.59 Å². The average Bonchev–Trinajstić information content (AvgIpc) is 3.00. The molecule has 1 spiro atoms. The molecule has 1 amide bonds. The van der Waals surface area contributed by atoms with Gasteiger partial charge in [0.1, 0.15) is 5.78 Å². The van der Waals surface area contributed by atoms with Gasteiger partial charge in [0.2, 0.25) is 5.91 Å². The lowest BCUT2D eigenvalue weighted by molar-refractivity contribution is -0.176. The molecule has 0 heterocycles. The van der Waals surface area contributed by atoms with Gasteiger partial charge in [0.05, 0.1) is 0 Å². The Morgan fingerprint density at radius 3 is 2.56 bits per heavy atom. The van der Waals surface area contributed by atoms with Gasteiger partial charge >= 0.3 is 0 Å². The minimum atomic E-state index is -0.384. The molecule has 4 aliphatic rings. The maximum absolute atomic E-state index is 13.5. The van der Waals surface area contributed by atoms with Gasteiger partial charge in [-0.15, -0.1) is 0 Å². The molecule has 5 rings (SSSR count). The van der Waals surface area contributed by atoms with Crippen molar-refractivity contribution in [1.29, 1.82) is 0 Å². The minimum absolute atomic E-state index is 0.0696. The third-order valence-electron chi connectivity index (χ3n) is 10.8. The maximum atomic E-state index is 13.5. The Bertz CT molecular complexity index is 1040. The van der Waals surface area contributed by atoms with Crippen molar-refractivity contribution in [2.45, 2.75) is 78.7 Å². The van der Waals surface area contributed by atoms with Gasteiger partial charge in [-0.05, 0) is 84.1 Å². The number of azide groups is 1. The standard InChI is InChI=1S/C28H38N4O2/c1-25-12-10-22-26(2)13-9-20(24(34)30-16-19-7-5-4-6-8-19)27(3,18-31-32-29)21(26)11-14-28(22,17-25)15-23(25)33/h4-8,20-22H,9-18H2,1-3H3,(H,30,34)/t20?,21-,22-,25-,26+,27?,28+/m1/s1. The van der Waals surface area contributed by atoms with Crippen LogP contribution in [0.1, 0.15) is 77.7 Å². The summed E-state index contributed by atoms with van der Waals surface area (Å²) in [6.45, 7) is 7.68. The number of carbonyl (C=O) groups excluding carboxylic acids is 2. The molecule has 2 unspecified atom stereocenters. The van der Waals surface area contributed by atoms with Crippen LogP contribution in [0.15, 0.2) is 35.4 Å². The first kappa shape index (κ1) is 23.4. The zero-order valence-electron chi connectivity index (χ0n) is 20.8. The summed E-state index contributed by atoms with van der Waals surface area (Å²) in [6.07, 6.45) is 7.77. The lowest BCUT2D eigenvalue weighted by Gasteiger charge is -2.66. The highest BCUT2D eigenvalue weighted by Gasteiger charge is 2.68. The van der Waals surface area contributed by atoms with Crippen LogP contribution in [0.3, 0.4) is 0 Å². The van der Waals surface area contributed by atoms with Crippen molar-refractivity contribution in [3.8, 4) is 0 Å². The van der Waals surface area contributed by atoms with E-state index in [1.807, 2.05) is 30.3 Å². The number of rotatable bonds is 5. The van der Waals surface area contributed by atoms with E-state index in [1.165, 1.54) is 0 Å². The van der Waals surface area contributed by atoms with Gasteiger partial charge in [-0.1, -0.05) is 56.2 Å². The number of amides is 1. The first-order valence-electron chi connectivity index (χ1n) is 13.0. The molecule has 6 nitrogen and oxygen atoms in total. The third-order valence-corrected chi connectivity index (χ3v) is 10.8. The maximum Gasteiger partial charge on any atom is 0.223 e. The van der Waals surface area contributed by atoms with E-state index in [9.17, 15) is 15.1 Å². The molecule has 4 saturated carbocycles. The van der Waals surface area contributed by atoms with E-state index in [0.29, 0.717) is 30.7 Å². The van der Waals surface area contributed by atoms with E-state index >= 15 is 0 Å². The van der Waals surface area contributed by atoms with Crippen molar-refractivity contribution >= 4 is 11.7 Å². The number of hydrogen-bond acceptors (Lipinski definition) is 3. The second-order valence-corrected chi connectivity index (χ2v) is 12.6. The predicted molar refractivity (Wildman–Crippen MR) is 131 cm³/mol. The fourth-order valence-electron chi connectivity index (χ4n) is 9.30. The van der Waals surface area contributed by atoms with E-state index in [1.54, 1.807) is 0 Å². The molecular weight excluding hydrogens is 424 g/mol. The van der Waals surface area contributed by atoms with Crippen LogP contribution in [0.2, 0.25) is 0 Å². The van der Waals surface area contributed by atoms with E-state index in [-0.39, 0.29) is 33.5 Å². The van der Waals surface area contributed by atoms with Gasteiger partial charge in [0.15, 0.2) is 0 Å². The molecule has 0 aliphatic heterocycles. The summed E-state index contributed by atoms with van der Waals surface area (Å²) in [4.78, 5) is 29.6. The SMILES string of the molecule is CC1(CN=[N+]=[N-])C(C(=O)NCc2ccccc2)CC[C@@]2(C)[C@H]1CC[C@@]13CC(=O)[C@](C)(CC[C@@H]12)C3. The normalized spacial score (nSPS) is 42.8. The van der Waals surface area contributed by atoms with Gasteiger partial charge in [0.25, 0.3) is 0 Å². The smallest absolute Gasteiger partial charge is 0.223 e. The second-order valence-electron chi connectivity index (χ2n) is 12.6. The number of Topliss-reactive ketones (excluding diaryl/α,β-unsaturated/α-hetero) is 1. The molecule has 1 aromatic rings. The molecule has 182 valence electrons. The molecule has 0 aromatic heterocycles. The number of benzene rings is 1. The van der Waals surface area contributed by atoms with Crippen molar-refractivity contribution in [1.82, 2.24) is 5.32 Å². The van der Waals surface area contributed by atoms with Crippen LogP contribution in [0.4, 0.5) is 0 Å². The molecule has 2 bridgehead atoms. The van der Waals surface area contributed by atoms with Gasteiger partial charge < -0.3 is 5.32 Å². The fourth-order valence-corrected chi connectivity index (χ4v) is 9.30. The number of nitrogens with one attached hydrogen (secondary N) is 1. The Labute approximate surface area is 202 Å². The van der Waals surface area contributed by atoms with Crippen LogP contribution < -0.4 is 5.32 Å². The third kappa shape index (κ3) is 3.40. The van der Waals surface area contributed by atoms with E-state index < -0.39 is 0 Å². The summed E-state index contributed by atoms with van der Waals surface area (Å²) < 4.78 is 0. The van der Waals surface area contributed by atoms with Crippen molar-refractivity contribution in [2.75, 3.05) is 6.54 Å². The van der Waals surface area contributed by atoms with Crippen LogP contribution in [0.25, 0.3) is 10.4 Å². The summed E-state index contributed by atoms with van der Waals surface area (Å²) in [7, 11) is 0. The van der Waals surface area contributed by atoms with Crippen molar-refractivity contribution in [3.05, 3.63) is 46.3 Å². The lowest BCUT2D eigenvalue weighted by Crippen LogP contribution is -2.61. The molecule has 6 heteroatoms. The Morgan fingerprint density at radius 2 is 1.82 bits per heavy atom. The number of carbonyl (C=O) groups is 2. The summed E-state index contributed by atoms with van der Waals surface area (Å²) in [6, 6.07) is 10.0. The molecule has 1 aromatic carbocycles. The Kier molecular flexibility index (Phi) is 5.59. The van der Waals surface area contributed by atoms with Crippen molar-refractivity contribution in [2.24, 2.45) is 44.5 Å². The Balaban J connectivity index is 1.43. The Morgan fingerprint density at radius 1 is 1.09 bits per heavy atom. The van der Waals surface area contributed by atoms with Gasteiger partial charge in [-0.3, -0.25) is 9.59 Å². The van der Waals surface area contributed by atoms with Crippen LogP contribution in [-0.2, 0) is 16.1 Å². The summed E-state index contributed by atoms with van der Waals surface area (Å²) in [5.41, 5.74) is 9.98. The zero-order valence-corrected chi connectivity index (χ0v) is 20.8. The molecule has 4 aliphatic carbocycles. The number of nitrogens with zero attached hydrogens (tertiary/aromatic N) is 3. The first-order valence-corrected chi connectivity index (χ1v) is 13.0. The van der Waals surface area contributed by atoms with Gasteiger partial charge in [-0.2, -0.15) is 0 Å². The van der Waals surface area contributed by atoms with E-state index in [4.69, 9.17) is 0 Å². The molecule has 0 saturated heterocycles. The highest BCUT2D eigenvalue weighted by molar-refractivity contribution is 5.88. The van der Waals surface area contributed by atoms with E-state index in [0.717, 1.165) is 56.9 Å². The highest BCUT2D eigenvalue weighted by Crippen LogP contribution is 2.73. The van der Waals surface area contributed by atoms with Crippen LogP contribution in [-0.4, -0.2) is 18.2 Å². The average molecular weight is 463 g/mol. The van der Waals surface area contributed by atoms with Crippen LogP contribution >= 0.6 is 0 Å². The molecule has 4 fully saturated rings. The number of fused-ring (bicyclic) bond motifs is 3. The summed E-state index contributed by atoms with van der Waals surface area (Å²) >= 11 is 0. The van der Waals surface area contributed by atoms with E-state index in [2.05, 4.69) is 36.1 Å². The number of ketones is 1. The van der Waals surface area contributed by atoms with Gasteiger partial charge in [0, 0.05) is 35.8 Å². The summed E-state index contributed by atoms with van der Waals surface area (Å²) in [5.74, 6) is 1.20. The van der Waals surface area contributed by atoms with Crippen LogP contribution in [0.5, 0.6) is 0 Å². The van der Waals surface area contributed by atoms with Crippen LogP contribution in [0, 0.1) is 39.4 Å². The largest absolute Gasteiger partial charge is 0.352 e. The molecule has 7 atom stereocenters. The minimum Gasteiger partial charge on any atom is -0.352 e. The highest BCUT2D eigenvalue weighted by atomic mass is 16.2. The molecule has 0 radical (unpaired) electrons. The quantitative estimate of drug-likeness (QED) is 0.320. The van der Waals surface area contributed by atoms with Crippen molar-refractivity contribution in [3.63, 3.8) is 0 Å². The lowest BCUT2D eigenvalue weighted by atomic mass is 9.39. The Hall–Kier alpha value is -2.33. The monoisotopic (exact) mass is 462 g/mol. The predicted octanol–water partition coefficient (Wildman–Crippen LogP) is 6.21. The topological polar surface area (TPSA) is 94.9 Å². The first-order chi connectivity index (χ1) is 16.2. The molecule has 34 heavy (non-hydrogen) atoms.